The molecule has 7 nitrogen and oxygen atoms in total. The molecule has 1 unspecified atom stereocenters. The van der Waals surface area contributed by atoms with Gasteiger partial charge in [0.15, 0.2) is 0 Å². The Kier molecular flexibility index (Phi) is 4.77. The highest BCUT2D eigenvalue weighted by atomic mass is 16.2. The molecule has 0 radical (unpaired) electrons. The lowest BCUT2D eigenvalue weighted by Crippen LogP contribution is -2.46. The van der Waals surface area contributed by atoms with Crippen molar-refractivity contribution in [3.05, 3.63) is 48.3 Å². The summed E-state index contributed by atoms with van der Waals surface area (Å²) in [6.45, 7) is 0.785. The highest BCUT2D eigenvalue weighted by molar-refractivity contribution is 5.98. The summed E-state index contributed by atoms with van der Waals surface area (Å²) < 4.78 is 0. The number of carbonyl (C=O) groups excluding carboxylic acids is 1. The van der Waals surface area contributed by atoms with Gasteiger partial charge in [-0.1, -0.05) is 12.1 Å². The van der Waals surface area contributed by atoms with Crippen LogP contribution in [0.15, 0.2) is 42.6 Å². The first-order valence-corrected chi connectivity index (χ1v) is 9.08. The van der Waals surface area contributed by atoms with Crippen LogP contribution in [0, 0.1) is 0 Å². The molecule has 2 amide bonds. The third-order valence-corrected chi connectivity index (χ3v) is 4.94. The average molecular weight is 350 g/mol. The van der Waals surface area contributed by atoms with E-state index in [-0.39, 0.29) is 12.1 Å². The molecule has 1 aliphatic heterocycles. The van der Waals surface area contributed by atoms with E-state index in [1.807, 2.05) is 47.5 Å². The Labute approximate surface area is 151 Å². The summed E-state index contributed by atoms with van der Waals surface area (Å²) in [6.07, 6.45) is 6.87. The van der Waals surface area contributed by atoms with Crippen molar-refractivity contribution in [3.8, 4) is 0 Å². The standard InChI is InChI=1S/C19H22N6O/c26-19(21-16-8-5-9-17-18(16)23-24-22-17)25-13-4-2-7-15(25)11-10-14-6-1-3-12-20-14/h1,3,5-6,8-9,12,15H,2,4,7,10-11,13H2,(H,21,26)(H,22,23,24). The molecule has 1 aliphatic rings. The van der Waals surface area contributed by atoms with E-state index in [1.54, 1.807) is 0 Å². The van der Waals surface area contributed by atoms with Crippen LogP contribution in [0.25, 0.3) is 11.0 Å². The number of aromatic amines is 1. The number of carbonyl (C=O) groups is 1. The van der Waals surface area contributed by atoms with Gasteiger partial charge in [-0.25, -0.2) is 4.79 Å². The lowest BCUT2D eigenvalue weighted by atomic mass is 9.97. The molecule has 3 heterocycles. The smallest absolute Gasteiger partial charge is 0.322 e. The summed E-state index contributed by atoms with van der Waals surface area (Å²) in [5, 5.41) is 13.8. The predicted octanol–water partition coefficient (Wildman–Crippen LogP) is 3.37. The molecule has 1 fully saturated rings. The first-order valence-electron chi connectivity index (χ1n) is 9.08. The highest BCUT2D eigenvalue weighted by Gasteiger charge is 2.27. The van der Waals surface area contributed by atoms with E-state index in [2.05, 4.69) is 25.7 Å². The van der Waals surface area contributed by atoms with Gasteiger partial charge in [0.05, 0.1) is 5.69 Å². The number of rotatable bonds is 4. The number of nitrogens with zero attached hydrogens (tertiary/aromatic N) is 4. The number of benzene rings is 1. The normalized spacial score (nSPS) is 17.4. The molecule has 2 aromatic heterocycles. The topological polar surface area (TPSA) is 86.8 Å². The number of H-pyrrole nitrogens is 1. The molecular weight excluding hydrogens is 328 g/mol. The fraction of sp³-hybridized carbons (Fsp3) is 0.368. The predicted molar refractivity (Wildman–Crippen MR) is 99.8 cm³/mol. The molecule has 0 saturated carbocycles. The Morgan fingerprint density at radius 2 is 2.15 bits per heavy atom. The minimum atomic E-state index is -0.0637. The second-order valence-electron chi connectivity index (χ2n) is 6.63. The second-order valence-corrected chi connectivity index (χ2v) is 6.63. The molecule has 1 aromatic carbocycles. The van der Waals surface area contributed by atoms with Crippen LogP contribution in [0.3, 0.4) is 0 Å². The molecule has 4 rings (SSSR count). The van der Waals surface area contributed by atoms with Crippen molar-refractivity contribution in [1.29, 1.82) is 0 Å². The number of fused-ring (bicyclic) bond motifs is 1. The maximum atomic E-state index is 12.9. The molecule has 7 heteroatoms. The number of aryl methyl sites for hydroxylation is 1. The molecule has 1 atom stereocenters. The first-order chi connectivity index (χ1) is 12.8. The van der Waals surface area contributed by atoms with Gasteiger partial charge < -0.3 is 10.2 Å². The summed E-state index contributed by atoms with van der Waals surface area (Å²) in [7, 11) is 0. The lowest BCUT2D eigenvalue weighted by molar-refractivity contribution is 0.158. The lowest BCUT2D eigenvalue weighted by Gasteiger charge is -2.35. The molecule has 1 saturated heterocycles. The molecule has 3 aromatic rings. The number of aromatic nitrogens is 4. The van der Waals surface area contributed by atoms with E-state index >= 15 is 0 Å². The van der Waals surface area contributed by atoms with E-state index in [0.29, 0.717) is 11.2 Å². The van der Waals surface area contributed by atoms with Crippen LogP contribution >= 0.6 is 0 Å². The number of piperidine rings is 1. The van der Waals surface area contributed by atoms with Crippen LogP contribution in [0.1, 0.15) is 31.4 Å². The Hall–Kier alpha value is -2.96. The van der Waals surface area contributed by atoms with E-state index in [9.17, 15) is 4.79 Å². The summed E-state index contributed by atoms with van der Waals surface area (Å²) in [4.78, 5) is 19.3. The number of likely N-dealkylation sites (tertiary alicyclic amines) is 1. The van der Waals surface area contributed by atoms with Crippen LogP contribution in [-0.2, 0) is 6.42 Å². The van der Waals surface area contributed by atoms with E-state index in [1.165, 1.54) is 0 Å². The minimum absolute atomic E-state index is 0.0637. The third kappa shape index (κ3) is 3.51. The Morgan fingerprint density at radius 3 is 3.04 bits per heavy atom. The van der Waals surface area contributed by atoms with Gasteiger partial charge in [-0.3, -0.25) is 4.98 Å². The van der Waals surface area contributed by atoms with Crippen molar-refractivity contribution in [2.45, 2.75) is 38.1 Å². The fourth-order valence-corrected chi connectivity index (χ4v) is 3.58. The van der Waals surface area contributed by atoms with Gasteiger partial charge in [0.1, 0.15) is 11.0 Å². The largest absolute Gasteiger partial charge is 0.322 e. The van der Waals surface area contributed by atoms with Crippen molar-refractivity contribution in [3.63, 3.8) is 0 Å². The van der Waals surface area contributed by atoms with Crippen molar-refractivity contribution < 1.29 is 4.79 Å². The summed E-state index contributed by atoms with van der Waals surface area (Å²) in [6, 6.07) is 11.7. The first kappa shape index (κ1) is 16.5. The number of pyridine rings is 1. The van der Waals surface area contributed by atoms with E-state index < -0.39 is 0 Å². The van der Waals surface area contributed by atoms with Crippen LogP contribution in [0.2, 0.25) is 0 Å². The van der Waals surface area contributed by atoms with Gasteiger partial charge in [-0.15, -0.1) is 0 Å². The van der Waals surface area contributed by atoms with Crippen molar-refractivity contribution in [2.24, 2.45) is 0 Å². The number of hydrogen-bond acceptors (Lipinski definition) is 4. The number of amides is 2. The maximum absolute atomic E-state index is 12.9. The fourth-order valence-electron chi connectivity index (χ4n) is 3.58. The zero-order valence-corrected chi connectivity index (χ0v) is 14.6. The zero-order chi connectivity index (χ0) is 17.8. The molecule has 0 spiro atoms. The van der Waals surface area contributed by atoms with Gasteiger partial charge in [0.25, 0.3) is 0 Å². The minimum Gasteiger partial charge on any atom is -0.322 e. The summed E-state index contributed by atoms with van der Waals surface area (Å²) >= 11 is 0. The zero-order valence-electron chi connectivity index (χ0n) is 14.6. The quantitative estimate of drug-likeness (QED) is 0.755. The molecule has 0 aliphatic carbocycles. The van der Waals surface area contributed by atoms with Gasteiger partial charge in [0, 0.05) is 24.5 Å². The van der Waals surface area contributed by atoms with Crippen molar-refractivity contribution in [1.82, 2.24) is 25.3 Å². The SMILES string of the molecule is O=C(Nc1cccc2n[nH]nc12)N1CCCCC1CCc1ccccn1. The van der Waals surface area contributed by atoms with Gasteiger partial charge in [-0.2, -0.15) is 15.4 Å². The summed E-state index contributed by atoms with van der Waals surface area (Å²) in [5.74, 6) is 0. The highest BCUT2D eigenvalue weighted by Crippen LogP contribution is 2.24. The monoisotopic (exact) mass is 350 g/mol. The Balaban J connectivity index is 1.45. The van der Waals surface area contributed by atoms with Crippen molar-refractivity contribution in [2.75, 3.05) is 11.9 Å². The number of anilines is 1. The van der Waals surface area contributed by atoms with Crippen molar-refractivity contribution >= 4 is 22.8 Å². The maximum Gasteiger partial charge on any atom is 0.322 e. The van der Waals surface area contributed by atoms with Crippen LogP contribution in [0.4, 0.5) is 10.5 Å². The van der Waals surface area contributed by atoms with Crippen LogP contribution in [0.5, 0.6) is 0 Å². The number of hydrogen-bond donors (Lipinski definition) is 2. The molecule has 2 N–H and O–H groups in total. The summed E-state index contributed by atoms with van der Waals surface area (Å²) in [5.41, 5.74) is 3.19. The van der Waals surface area contributed by atoms with Crippen LogP contribution in [-0.4, -0.2) is 43.9 Å². The second kappa shape index (κ2) is 7.51. The van der Waals surface area contributed by atoms with Gasteiger partial charge in [-0.05, 0) is 56.4 Å². The molecule has 134 valence electrons. The molecular formula is C19H22N6O. The molecule has 26 heavy (non-hydrogen) atoms. The van der Waals surface area contributed by atoms with E-state index in [4.69, 9.17) is 0 Å². The van der Waals surface area contributed by atoms with Gasteiger partial charge >= 0.3 is 6.03 Å². The number of urea groups is 1. The average Bonchev–Trinajstić information content (AvgIpc) is 3.17. The third-order valence-electron chi connectivity index (χ3n) is 4.94. The Bertz CT molecular complexity index is 878. The Morgan fingerprint density at radius 1 is 1.19 bits per heavy atom. The van der Waals surface area contributed by atoms with Gasteiger partial charge in [0.2, 0.25) is 0 Å². The van der Waals surface area contributed by atoms with E-state index in [0.717, 1.165) is 49.9 Å². The number of nitrogens with one attached hydrogen (secondary N) is 2. The van der Waals surface area contributed by atoms with Crippen LogP contribution < -0.4 is 5.32 Å². The molecule has 0 bridgehead atoms. The number of para-hydroxylation sites is 1.